The molecule has 78 valence electrons. The first kappa shape index (κ1) is 9.45. The highest BCUT2D eigenvalue weighted by Crippen LogP contribution is 2.13. The van der Waals surface area contributed by atoms with E-state index >= 15 is 0 Å². The van der Waals surface area contributed by atoms with E-state index in [1.54, 1.807) is 10.9 Å². The SMILES string of the molecule is CCn1cc2c(C(=O)O)cc(=O)[nH]c2n1. The zero-order valence-electron chi connectivity index (χ0n) is 8.02. The lowest BCUT2D eigenvalue weighted by molar-refractivity contribution is 0.0699. The molecule has 0 aliphatic carbocycles. The summed E-state index contributed by atoms with van der Waals surface area (Å²) < 4.78 is 1.58. The molecule has 0 fully saturated rings. The van der Waals surface area contributed by atoms with Gasteiger partial charge in [-0.1, -0.05) is 0 Å². The van der Waals surface area contributed by atoms with Gasteiger partial charge in [-0.05, 0) is 6.92 Å². The number of nitrogens with zero attached hydrogens (tertiary/aromatic N) is 2. The fraction of sp³-hybridized carbons (Fsp3) is 0.222. The predicted octanol–water partition coefficient (Wildman–Crippen LogP) is 0.443. The number of nitrogens with one attached hydrogen (secondary N) is 1. The Bertz CT molecular complexity index is 582. The smallest absolute Gasteiger partial charge is 0.336 e. The van der Waals surface area contributed by atoms with Gasteiger partial charge in [-0.15, -0.1) is 0 Å². The lowest BCUT2D eigenvalue weighted by Crippen LogP contribution is -2.09. The maximum absolute atomic E-state index is 11.1. The van der Waals surface area contributed by atoms with Crippen LogP contribution in [0.15, 0.2) is 17.1 Å². The monoisotopic (exact) mass is 207 g/mol. The summed E-state index contributed by atoms with van der Waals surface area (Å²) in [4.78, 5) is 24.5. The van der Waals surface area contributed by atoms with Crippen molar-refractivity contribution in [3.63, 3.8) is 0 Å². The molecule has 0 unspecified atom stereocenters. The van der Waals surface area contributed by atoms with E-state index in [-0.39, 0.29) is 5.56 Å². The van der Waals surface area contributed by atoms with Gasteiger partial charge in [-0.2, -0.15) is 5.10 Å². The number of hydrogen-bond donors (Lipinski definition) is 2. The van der Waals surface area contributed by atoms with Gasteiger partial charge in [0.1, 0.15) is 0 Å². The molecule has 6 heteroatoms. The van der Waals surface area contributed by atoms with Crippen LogP contribution < -0.4 is 5.56 Å². The number of carboxylic acid groups (broad SMARTS) is 1. The first-order chi connectivity index (χ1) is 7.11. The van der Waals surface area contributed by atoms with E-state index in [1.165, 1.54) is 0 Å². The van der Waals surface area contributed by atoms with Gasteiger partial charge < -0.3 is 10.1 Å². The number of aromatic amines is 1. The molecule has 0 amide bonds. The van der Waals surface area contributed by atoms with Gasteiger partial charge in [-0.25, -0.2) is 4.79 Å². The summed E-state index contributed by atoms with van der Waals surface area (Å²) in [6, 6.07) is 1.06. The molecule has 0 saturated heterocycles. The van der Waals surface area contributed by atoms with Crippen molar-refractivity contribution in [2.24, 2.45) is 0 Å². The standard InChI is InChI=1S/C9H9N3O3/c1-2-12-4-6-5(9(14)15)3-7(13)10-8(6)11-12/h3-4H,2H2,1H3,(H,14,15)(H,10,11,13). The van der Waals surface area contributed by atoms with Crippen LogP contribution in [0.5, 0.6) is 0 Å². The molecule has 15 heavy (non-hydrogen) atoms. The Morgan fingerprint density at radius 2 is 2.40 bits per heavy atom. The van der Waals surface area contributed by atoms with E-state index in [4.69, 9.17) is 5.11 Å². The van der Waals surface area contributed by atoms with Gasteiger partial charge in [0.2, 0.25) is 5.56 Å². The van der Waals surface area contributed by atoms with Gasteiger partial charge >= 0.3 is 5.97 Å². The molecule has 0 aliphatic heterocycles. The Balaban J connectivity index is 2.83. The van der Waals surface area contributed by atoms with E-state index in [0.29, 0.717) is 17.6 Å². The zero-order valence-corrected chi connectivity index (χ0v) is 8.02. The van der Waals surface area contributed by atoms with Crippen molar-refractivity contribution >= 4 is 17.0 Å². The average Bonchev–Trinajstić information content (AvgIpc) is 2.58. The quantitative estimate of drug-likeness (QED) is 0.748. The summed E-state index contributed by atoms with van der Waals surface area (Å²) in [5, 5.41) is 13.4. The summed E-state index contributed by atoms with van der Waals surface area (Å²) in [5.41, 5.74) is -0.170. The molecule has 0 aliphatic rings. The molecule has 2 heterocycles. The van der Waals surface area contributed by atoms with E-state index in [2.05, 4.69) is 10.1 Å². The van der Waals surface area contributed by atoms with Crippen LogP contribution in [0.2, 0.25) is 0 Å². The number of hydrogen-bond acceptors (Lipinski definition) is 3. The second-order valence-corrected chi connectivity index (χ2v) is 3.10. The highest BCUT2D eigenvalue weighted by atomic mass is 16.4. The molecule has 0 saturated carbocycles. The highest BCUT2D eigenvalue weighted by Gasteiger charge is 2.12. The molecule has 0 atom stereocenters. The first-order valence-electron chi connectivity index (χ1n) is 4.45. The Hall–Kier alpha value is -2.11. The molecule has 6 nitrogen and oxygen atoms in total. The third-order valence-electron chi connectivity index (χ3n) is 2.12. The van der Waals surface area contributed by atoms with Crippen LogP contribution in [0.1, 0.15) is 17.3 Å². The van der Waals surface area contributed by atoms with Crippen LogP contribution in [-0.4, -0.2) is 25.8 Å². The Kier molecular flexibility index (Phi) is 2.03. The fourth-order valence-corrected chi connectivity index (χ4v) is 1.41. The summed E-state index contributed by atoms with van der Waals surface area (Å²) in [6.07, 6.45) is 1.61. The molecular weight excluding hydrogens is 198 g/mol. The van der Waals surface area contributed by atoms with E-state index in [1.807, 2.05) is 6.92 Å². The number of aromatic nitrogens is 3. The van der Waals surface area contributed by atoms with Crippen molar-refractivity contribution in [1.29, 1.82) is 0 Å². The van der Waals surface area contributed by atoms with E-state index in [0.717, 1.165) is 6.07 Å². The normalized spacial score (nSPS) is 10.7. The lowest BCUT2D eigenvalue weighted by atomic mass is 10.2. The molecule has 0 radical (unpaired) electrons. The minimum atomic E-state index is -1.12. The summed E-state index contributed by atoms with van der Waals surface area (Å²) in [7, 11) is 0. The largest absolute Gasteiger partial charge is 0.478 e. The number of pyridine rings is 1. The third-order valence-corrected chi connectivity index (χ3v) is 2.12. The molecule has 0 spiro atoms. The number of aryl methyl sites for hydroxylation is 1. The summed E-state index contributed by atoms with van der Waals surface area (Å²) in [6.45, 7) is 2.50. The van der Waals surface area contributed by atoms with Crippen molar-refractivity contribution in [1.82, 2.24) is 14.8 Å². The number of rotatable bonds is 2. The van der Waals surface area contributed by atoms with E-state index in [9.17, 15) is 9.59 Å². The van der Waals surface area contributed by atoms with Crippen LogP contribution in [-0.2, 0) is 6.54 Å². The number of H-pyrrole nitrogens is 1. The number of carboxylic acids is 1. The molecular formula is C9H9N3O3. The average molecular weight is 207 g/mol. The minimum Gasteiger partial charge on any atom is -0.478 e. The number of carbonyl (C=O) groups is 1. The van der Waals surface area contributed by atoms with E-state index < -0.39 is 11.5 Å². The van der Waals surface area contributed by atoms with Crippen LogP contribution in [0.4, 0.5) is 0 Å². The molecule has 2 aromatic heterocycles. The topological polar surface area (TPSA) is 88.0 Å². The van der Waals surface area contributed by atoms with Crippen LogP contribution in [0, 0.1) is 0 Å². The zero-order chi connectivity index (χ0) is 11.0. The van der Waals surface area contributed by atoms with Crippen molar-refractivity contribution in [3.05, 3.63) is 28.2 Å². The van der Waals surface area contributed by atoms with Crippen molar-refractivity contribution in [3.8, 4) is 0 Å². The minimum absolute atomic E-state index is 0.0200. The number of aromatic carboxylic acids is 1. The van der Waals surface area contributed by atoms with Crippen molar-refractivity contribution < 1.29 is 9.90 Å². The van der Waals surface area contributed by atoms with Crippen LogP contribution >= 0.6 is 0 Å². The van der Waals surface area contributed by atoms with Gasteiger partial charge in [0.25, 0.3) is 0 Å². The second-order valence-electron chi connectivity index (χ2n) is 3.10. The fourth-order valence-electron chi connectivity index (χ4n) is 1.41. The molecule has 2 rings (SSSR count). The second kappa shape index (κ2) is 3.23. The third kappa shape index (κ3) is 1.50. The summed E-state index contributed by atoms with van der Waals surface area (Å²) in [5.74, 6) is -1.12. The maximum atomic E-state index is 11.1. The van der Waals surface area contributed by atoms with Crippen molar-refractivity contribution in [2.45, 2.75) is 13.5 Å². The molecule has 2 N–H and O–H groups in total. The lowest BCUT2D eigenvalue weighted by Gasteiger charge is -1.93. The first-order valence-corrected chi connectivity index (χ1v) is 4.45. The molecule has 0 aromatic carbocycles. The van der Waals surface area contributed by atoms with Gasteiger partial charge in [0.15, 0.2) is 5.65 Å². The van der Waals surface area contributed by atoms with Crippen LogP contribution in [0.3, 0.4) is 0 Å². The van der Waals surface area contributed by atoms with Crippen LogP contribution in [0.25, 0.3) is 11.0 Å². The highest BCUT2D eigenvalue weighted by molar-refractivity contribution is 6.01. The molecule has 0 bridgehead atoms. The van der Waals surface area contributed by atoms with Gasteiger partial charge in [-0.3, -0.25) is 9.48 Å². The van der Waals surface area contributed by atoms with Crippen molar-refractivity contribution in [2.75, 3.05) is 0 Å². The summed E-state index contributed by atoms with van der Waals surface area (Å²) >= 11 is 0. The Labute approximate surface area is 84.2 Å². The Morgan fingerprint density at radius 1 is 1.67 bits per heavy atom. The van der Waals surface area contributed by atoms with Gasteiger partial charge in [0.05, 0.1) is 10.9 Å². The maximum Gasteiger partial charge on any atom is 0.336 e. The number of fused-ring (bicyclic) bond motifs is 1. The molecule has 2 aromatic rings. The van der Waals surface area contributed by atoms with Gasteiger partial charge in [0, 0.05) is 18.8 Å². The predicted molar refractivity (Wildman–Crippen MR) is 53.0 cm³/mol. The Morgan fingerprint density at radius 3 is 3.00 bits per heavy atom.